The molecule has 0 unspecified atom stereocenters. The van der Waals surface area contributed by atoms with E-state index in [1.54, 1.807) is 26.4 Å². The molecule has 1 aliphatic rings. The molecule has 2 heterocycles. The molecule has 0 spiro atoms. The molecule has 1 aromatic heterocycles. The molecule has 0 atom stereocenters. The summed E-state index contributed by atoms with van der Waals surface area (Å²) in [6.07, 6.45) is 0.638. The van der Waals surface area contributed by atoms with E-state index in [-0.39, 0.29) is 17.9 Å². The van der Waals surface area contributed by atoms with Gasteiger partial charge in [-0.2, -0.15) is 0 Å². The van der Waals surface area contributed by atoms with Gasteiger partial charge >= 0.3 is 0 Å². The molecule has 0 saturated carbocycles. The van der Waals surface area contributed by atoms with Crippen LogP contribution < -0.4 is 20.2 Å². The van der Waals surface area contributed by atoms with Crippen molar-refractivity contribution in [2.75, 3.05) is 27.3 Å². The van der Waals surface area contributed by atoms with Gasteiger partial charge in [-0.25, -0.2) is 0 Å². The zero-order chi connectivity index (χ0) is 22.0. The molecule has 2 N–H and O–H groups in total. The number of aromatic amines is 1. The minimum Gasteiger partial charge on any atom is -0.497 e. The van der Waals surface area contributed by atoms with Gasteiger partial charge in [-0.05, 0) is 29.8 Å². The molecule has 8 heteroatoms. The average molecular weight is 442 g/mol. The molecule has 0 bridgehead atoms. The van der Waals surface area contributed by atoms with Crippen molar-refractivity contribution < 1.29 is 14.3 Å². The van der Waals surface area contributed by atoms with Crippen molar-refractivity contribution >= 4 is 28.4 Å². The Morgan fingerprint density at radius 1 is 1.23 bits per heavy atom. The number of hydrogen-bond acceptors (Lipinski definition) is 5. The van der Waals surface area contributed by atoms with Crippen LogP contribution >= 0.6 is 11.6 Å². The molecule has 162 valence electrons. The SMILES string of the molecule is COc1cccc(CNC(=O)CN2CCc3[nH]c4c(OC)ccc(Cl)c4c(=O)c3C2)c1. The molecule has 1 aliphatic heterocycles. The Balaban J connectivity index is 1.48. The first-order valence-electron chi connectivity index (χ1n) is 10.0. The Morgan fingerprint density at radius 2 is 2.06 bits per heavy atom. The van der Waals surface area contributed by atoms with Gasteiger partial charge in [0.15, 0.2) is 5.43 Å². The number of nitrogens with one attached hydrogen (secondary N) is 2. The number of methoxy groups -OCH3 is 2. The number of carbonyl (C=O) groups is 1. The van der Waals surface area contributed by atoms with Crippen LogP contribution in [0.3, 0.4) is 0 Å². The Hall–Kier alpha value is -3.03. The molecule has 3 aromatic rings. The number of rotatable bonds is 6. The highest BCUT2D eigenvalue weighted by Gasteiger charge is 2.24. The monoisotopic (exact) mass is 441 g/mol. The van der Waals surface area contributed by atoms with Crippen LogP contribution in [0.25, 0.3) is 10.9 Å². The third-order valence-electron chi connectivity index (χ3n) is 5.53. The van der Waals surface area contributed by atoms with E-state index in [0.717, 1.165) is 17.0 Å². The predicted molar refractivity (Wildman–Crippen MR) is 120 cm³/mol. The highest BCUT2D eigenvalue weighted by molar-refractivity contribution is 6.35. The number of H-pyrrole nitrogens is 1. The lowest BCUT2D eigenvalue weighted by Gasteiger charge is -2.28. The molecule has 0 aliphatic carbocycles. The fourth-order valence-electron chi connectivity index (χ4n) is 3.92. The summed E-state index contributed by atoms with van der Waals surface area (Å²) in [4.78, 5) is 30.9. The lowest BCUT2D eigenvalue weighted by atomic mass is 10.0. The molecule has 0 radical (unpaired) electrons. The van der Waals surface area contributed by atoms with E-state index in [0.29, 0.717) is 53.3 Å². The first-order valence-corrected chi connectivity index (χ1v) is 10.4. The number of aromatic nitrogens is 1. The van der Waals surface area contributed by atoms with Crippen molar-refractivity contribution in [1.29, 1.82) is 0 Å². The maximum absolute atomic E-state index is 13.2. The van der Waals surface area contributed by atoms with Gasteiger partial charge in [-0.15, -0.1) is 0 Å². The summed E-state index contributed by atoms with van der Waals surface area (Å²) in [6.45, 7) is 1.69. The Bertz CT molecular complexity index is 1190. The summed E-state index contributed by atoms with van der Waals surface area (Å²) in [5, 5.41) is 3.73. The van der Waals surface area contributed by atoms with Crippen molar-refractivity contribution in [2.24, 2.45) is 0 Å². The van der Waals surface area contributed by atoms with Crippen LogP contribution in [0.15, 0.2) is 41.2 Å². The van der Waals surface area contributed by atoms with Gasteiger partial charge < -0.3 is 19.8 Å². The van der Waals surface area contributed by atoms with E-state index in [2.05, 4.69) is 10.3 Å². The van der Waals surface area contributed by atoms with Gasteiger partial charge in [0.1, 0.15) is 11.5 Å². The molecule has 31 heavy (non-hydrogen) atoms. The number of carbonyl (C=O) groups excluding carboxylic acids is 1. The van der Waals surface area contributed by atoms with Crippen molar-refractivity contribution in [3.05, 3.63) is 68.5 Å². The zero-order valence-electron chi connectivity index (χ0n) is 17.5. The standard InChI is InChI=1S/C23H24ClN3O4/c1-30-15-5-3-4-14(10-15)11-25-20(28)13-27-9-8-18-16(12-27)23(29)21-17(24)6-7-19(31-2)22(21)26-18/h3-7,10H,8-9,11-13H2,1-2H3,(H,25,28)(H,26,29). The second-order valence-corrected chi connectivity index (χ2v) is 7.91. The zero-order valence-corrected chi connectivity index (χ0v) is 18.2. The van der Waals surface area contributed by atoms with Crippen molar-refractivity contribution in [3.63, 3.8) is 0 Å². The van der Waals surface area contributed by atoms with Gasteiger partial charge in [-0.1, -0.05) is 23.7 Å². The number of fused-ring (bicyclic) bond motifs is 2. The summed E-state index contributed by atoms with van der Waals surface area (Å²) >= 11 is 6.31. The lowest BCUT2D eigenvalue weighted by molar-refractivity contribution is -0.122. The van der Waals surface area contributed by atoms with E-state index < -0.39 is 0 Å². The number of hydrogen-bond donors (Lipinski definition) is 2. The third kappa shape index (κ3) is 4.38. The quantitative estimate of drug-likeness (QED) is 0.614. The van der Waals surface area contributed by atoms with Crippen LogP contribution in [-0.2, 0) is 24.3 Å². The van der Waals surface area contributed by atoms with Crippen LogP contribution in [0.4, 0.5) is 0 Å². The predicted octanol–water partition coefficient (Wildman–Crippen LogP) is 2.87. The molecule has 7 nitrogen and oxygen atoms in total. The second kappa shape index (κ2) is 8.99. The molecular weight excluding hydrogens is 418 g/mol. The summed E-state index contributed by atoms with van der Waals surface area (Å²) in [6, 6.07) is 11.0. The van der Waals surface area contributed by atoms with Gasteiger partial charge in [0, 0.05) is 37.3 Å². The number of ether oxygens (including phenoxy) is 2. The van der Waals surface area contributed by atoms with Crippen molar-refractivity contribution in [1.82, 2.24) is 15.2 Å². The second-order valence-electron chi connectivity index (χ2n) is 7.50. The van der Waals surface area contributed by atoms with E-state index in [1.165, 1.54) is 0 Å². The third-order valence-corrected chi connectivity index (χ3v) is 5.84. The maximum Gasteiger partial charge on any atom is 0.234 e. The fourth-order valence-corrected chi connectivity index (χ4v) is 4.16. The number of pyridine rings is 1. The van der Waals surface area contributed by atoms with E-state index in [9.17, 15) is 9.59 Å². The van der Waals surface area contributed by atoms with Crippen LogP contribution in [0.1, 0.15) is 16.8 Å². The van der Waals surface area contributed by atoms with Crippen LogP contribution in [0.2, 0.25) is 5.02 Å². The topological polar surface area (TPSA) is 83.7 Å². The summed E-state index contributed by atoms with van der Waals surface area (Å²) in [5.74, 6) is 1.24. The Morgan fingerprint density at radius 3 is 2.84 bits per heavy atom. The van der Waals surface area contributed by atoms with Gasteiger partial charge in [0.25, 0.3) is 0 Å². The molecule has 4 rings (SSSR count). The summed E-state index contributed by atoms with van der Waals surface area (Å²) in [7, 11) is 3.17. The maximum atomic E-state index is 13.2. The number of nitrogens with zero attached hydrogens (tertiary/aromatic N) is 1. The van der Waals surface area contributed by atoms with E-state index in [1.807, 2.05) is 29.2 Å². The van der Waals surface area contributed by atoms with Crippen molar-refractivity contribution in [3.8, 4) is 11.5 Å². The normalized spacial score (nSPS) is 13.6. The summed E-state index contributed by atoms with van der Waals surface area (Å²) in [5.41, 5.74) is 2.97. The van der Waals surface area contributed by atoms with Crippen LogP contribution in [0, 0.1) is 0 Å². The lowest BCUT2D eigenvalue weighted by Crippen LogP contribution is -2.41. The Kier molecular flexibility index (Phi) is 6.15. The summed E-state index contributed by atoms with van der Waals surface area (Å²) < 4.78 is 10.6. The Labute approximate surface area is 184 Å². The number of halogens is 1. The molecule has 1 amide bonds. The highest BCUT2D eigenvalue weighted by Crippen LogP contribution is 2.30. The first-order chi connectivity index (χ1) is 15.0. The minimum absolute atomic E-state index is 0.0943. The average Bonchev–Trinajstić information content (AvgIpc) is 2.78. The minimum atomic E-state index is -0.117. The van der Waals surface area contributed by atoms with Crippen LogP contribution in [0.5, 0.6) is 11.5 Å². The molecule has 0 saturated heterocycles. The highest BCUT2D eigenvalue weighted by atomic mass is 35.5. The van der Waals surface area contributed by atoms with Gasteiger partial charge in [0.2, 0.25) is 5.91 Å². The fraction of sp³-hybridized carbons (Fsp3) is 0.304. The van der Waals surface area contributed by atoms with Crippen molar-refractivity contribution in [2.45, 2.75) is 19.5 Å². The molecule has 2 aromatic carbocycles. The van der Waals surface area contributed by atoms with Gasteiger partial charge in [0.05, 0.1) is 36.7 Å². The molecular formula is C23H24ClN3O4. The smallest absolute Gasteiger partial charge is 0.234 e. The number of amides is 1. The van der Waals surface area contributed by atoms with Gasteiger partial charge in [-0.3, -0.25) is 14.5 Å². The largest absolute Gasteiger partial charge is 0.497 e. The number of benzene rings is 2. The van der Waals surface area contributed by atoms with E-state index in [4.69, 9.17) is 21.1 Å². The van der Waals surface area contributed by atoms with E-state index >= 15 is 0 Å². The molecule has 0 fully saturated rings. The van der Waals surface area contributed by atoms with Crippen LogP contribution in [-0.4, -0.2) is 43.1 Å². The first kappa shape index (κ1) is 21.2.